The highest BCUT2D eigenvalue weighted by atomic mass is 16.2. The van der Waals surface area contributed by atoms with E-state index < -0.39 is 5.41 Å². The summed E-state index contributed by atoms with van der Waals surface area (Å²) >= 11 is 0. The molecule has 0 saturated carbocycles. The fourth-order valence-corrected chi connectivity index (χ4v) is 2.04. The highest BCUT2D eigenvalue weighted by molar-refractivity contribution is 5.81. The molecule has 0 atom stereocenters. The average molecular weight is 287 g/mol. The van der Waals surface area contributed by atoms with Crippen LogP contribution in [0.5, 0.6) is 0 Å². The van der Waals surface area contributed by atoms with E-state index in [1.165, 1.54) is 4.68 Å². The number of aromatic amines is 1. The van der Waals surface area contributed by atoms with Crippen LogP contribution in [0.4, 0.5) is 0 Å². The molecule has 0 aliphatic carbocycles. The molecule has 0 aliphatic heterocycles. The molecule has 2 N–H and O–H groups in total. The van der Waals surface area contributed by atoms with E-state index in [9.17, 15) is 9.59 Å². The van der Waals surface area contributed by atoms with Crippen LogP contribution in [-0.2, 0) is 18.4 Å². The Morgan fingerprint density at radius 1 is 1.24 bits per heavy atom. The molecule has 112 valence electrons. The first-order chi connectivity index (χ1) is 9.80. The molecule has 2 aromatic rings. The lowest BCUT2D eigenvalue weighted by molar-refractivity contribution is -0.128. The standard InChI is InChI=1S/C16H21N3O2/c1-16(2,3)15(21)17-10-12-13(18-19(4)14(12)20)11-8-6-5-7-9-11/h5-9,18H,10H2,1-4H3,(H,17,21). The number of nitrogens with zero attached hydrogens (tertiary/aromatic N) is 1. The highest BCUT2D eigenvalue weighted by Crippen LogP contribution is 2.19. The van der Waals surface area contributed by atoms with Crippen molar-refractivity contribution >= 4 is 5.91 Å². The monoisotopic (exact) mass is 287 g/mol. The topological polar surface area (TPSA) is 66.9 Å². The van der Waals surface area contributed by atoms with E-state index in [-0.39, 0.29) is 18.0 Å². The summed E-state index contributed by atoms with van der Waals surface area (Å²) in [6.45, 7) is 5.75. The summed E-state index contributed by atoms with van der Waals surface area (Å²) < 4.78 is 1.43. The molecule has 21 heavy (non-hydrogen) atoms. The van der Waals surface area contributed by atoms with E-state index in [0.717, 1.165) is 11.3 Å². The van der Waals surface area contributed by atoms with Crippen molar-refractivity contribution in [2.45, 2.75) is 27.3 Å². The van der Waals surface area contributed by atoms with Gasteiger partial charge in [-0.3, -0.25) is 19.4 Å². The summed E-state index contributed by atoms with van der Waals surface area (Å²) in [7, 11) is 1.67. The molecule has 1 aromatic carbocycles. The number of carbonyl (C=O) groups is 1. The van der Waals surface area contributed by atoms with Gasteiger partial charge in [0, 0.05) is 12.5 Å². The Kier molecular flexibility index (Phi) is 4.02. The molecule has 0 fully saturated rings. The van der Waals surface area contributed by atoms with Crippen LogP contribution in [0.3, 0.4) is 0 Å². The lowest BCUT2D eigenvalue weighted by atomic mass is 9.95. The van der Waals surface area contributed by atoms with Crippen LogP contribution in [-0.4, -0.2) is 15.7 Å². The summed E-state index contributed by atoms with van der Waals surface area (Å²) in [6.07, 6.45) is 0. The Morgan fingerprint density at radius 2 is 1.86 bits per heavy atom. The normalized spacial score (nSPS) is 11.4. The molecule has 0 saturated heterocycles. The fourth-order valence-electron chi connectivity index (χ4n) is 2.04. The van der Waals surface area contributed by atoms with Gasteiger partial charge in [0.2, 0.25) is 5.91 Å². The molecule has 0 spiro atoms. The predicted molar refractivity (Wildman–Crippen MR) is 82.8 cm³/mol. The maximum atomic E-state index is 12.2. The van der Waals surface area contributed by atoms with E-state index in [2.05, 4.69) is 10.4 Å². The van der Waals surface area contributed by atoms with E-state index in [1.807, 2.05) is 51.1 Å². The zero-order valence-corrected chi connectivity index (χ0v) is 12.9. The van der Waals surface area contributed by atoms with Gasteiger partial charge in [-0.05, 0) is 5.56 Å². The van der Waals surface area contributed by atoms with Crippen LogP contribution in [0.1, 0.15) is 26.3 Å². The number of hydrogen-bond donors (Lipinski definition) is 2. The van der Waals surface area contributed by atoms with Crippen LogP contribution >= 0.6 is 0 Å². The van der Waals surface area contributed by atoms with E-state index in [0.29, 0.717) is 5.56 Å². The van der Waals surface area contributed by atoms with Crippen molar-refractivity contribution in [3.05, 3.63) is 46.2 Å². The summed E-state index contributed by atoms with van der Waals surface area (Å²) in [5.74, 6) is -0.0789. The number of rotatable bonds is 3. The molecule has 5 heteroatoms. The third-order valence-corrected chi connectivity index (χ3v) is 3.31. The number of aryl methyl sites for hydroxylation is 1. The van der Waals surface area contributed by atoms with Crippen molar-refractivity contribution in [2.24, 2.45) is 12.5 Å². The quantitative estimate of drug-likeness (QED) is 0.907. The van der Waals surface area contributed by atoms with Gasteiger partial charge in [0.25, 0.3) is 5.56 Å². The summed E-state index contributed by atoms with van der Waals surface area (Å²) in [6, 6.07) is 9.61. The van der Waals surface area contributed by atoms with E-state index >= 15 is 0 Å². The number of nitrogens with one attached hydrogen (secondary N) is 2. The Hall–Kier alpha value is -2.30. The number of benzene rings is 1. The smallest absolute Gasteiger partial charge is 0.271 e. The van der Waals surface area contributed by atoms with Gasteiger partial charge < -0.3 is 5.32 Å². The highest BCUT2D eigenvalue weighted by Gasteiger charge is 2.22. The van der Waals surface area contributed by atoms with Gasteiger partial charge >= 0.3 is 0 Å². The van der Waals surface area contributed by atoms with Crippen molar-refractivity contribution in [1.29, 1.82) is 0 Å². The molecular formula is C16H21N3O2. The molecule has 5 nitrogen and oxygen atoms in total. The lowest BCUT2D eigenvalue weighted by Crippen LogP contribution is -2.35. The molecule has 1 amide bonds. The van der Waals surface area contributed by atoms with Gasteiger partial charge in [-0.15, -0.1) is 0 Å². The van der Waals surface area contributed by atoms with Gasteiger partial charge in [-0.25, -0.2) is 0 Å². The van der Waals surface area contributed by atoms with Crippen molar-refractivity contribution in [2.75, 3.05) is 0 Å². The summed E-state index contributed by atoms with van der Waals surface area (Å²) in [5, 5.41) is 5.88. The third-order valence-electron chi connectivity index (χ3n) is 3.31. The second-order valence-electron chi connectivity index (χ2n) is 6.13. The van der Waals surface area contributed by atoms with Gasteiger partial charge in [-0.1, -0.05) is 51.1 Å². The molecule has 0 bridgehead atoms. The van der Waals surface area contributed by atoms with Crippen molar-refractivity contribution < 1.29 is 4.79 Å². The number of carbonyl (C=O) groups excluding carboxylic acids is 1. The molecular weight excluding hydrogens is 266 g/mol. The Morgan fingerprint density at radius 3 is 2.43 bits per heavy atom. The van der Waals surface area contributed by atoms with Crippen LogP contribution in [0, 0.1) is 5.41 Å². The van der Waals surface area contributed by atoms with Gasteiger partial charge in [0.15, 0.2) is 0 Å². The van der Waals surface area contributed by atoms with Gasteiger partial charge in [-0.2, -0.15) is 0 Å². The van der Waals surface area contributed by atoms with Gasteiger partial charge in [0.05, 0.1) is 17.8 Å². The molecule has 2 rings (SSSR count). The Labute approximate surface area is 124 Å². The summed E-state index contributed by atoms with van der Waals surface area (Å²) in [4.78, 5) is 24.2. The first kappa shape index (κ1) is 15.1. The SMILES string of the molecule is Cn1[nH]c(-c2ccccc2)c(CNC(=O)C(C)(C)C)c1=O. The lowest BCUT2D eigenvalue weighted by Gasteiger charge is -2.17. The number of hydrogen-bond acceptors (Lipinski definition) is 2. The number of H-pyrrole nitrogens is 1. The maximum absolute atomic E-state index is 12.2. The largest absolute Gasteiger partial charge is 0.351 e. The van der Waals surface area contributed by atoms with Crippen LogP contribution in [0.15, 0.2) is 35.1 Å². The average Bonchev–Trinajstić information content (AvgIpc) is 2.72. The van der Waals surface area contributed by atoms with Crippen molar-refractivity contribution in [3.8, 4) is 11.3 Å². The third kappa shape index (κ3) is 3.24. The fraction of sp³-hybridized carbons (Fsp3) is 0.375. The van der Waals surface area contributed by atoms with E-state index in [1.54, 1.807) is 7.05 Å². The van der Waals surface area contributed by atoms with Gasteiger partial charge in [0.1, 0.15) is 0 Å². The minimum absolute atomic E-state index is 0.0789. The molecule has 1 heterocycles. The second-order valence-corrected chi connectivity index (χ2v) is 6.13. The predicted octanol–water partition coefficient (Wildman–Crippen LogP) is 2.04. The second kappa shape index (κ2) is 5.60. The first-order valence-electron chi connectivity index (χ1n) is 6.92. The number of amides is 1. The molecule has 0 radical (unpaired) electrons. The number of aromatic nitrogens is 2. The van der Waals surface area contributed by atoms with Crippen molar-refractivity contribution in [3.63, 3.8) is 0 Å². The Balaban J connectivity index is 2.32. The first-order valence-corrected chi connectivity index (χ1v) is 6.92. The zero-order valence-electron chi connectivity index (χ0n) is 12.9. The zero-order chi connectivity index (χ0) is 15.6. The minimum atomic E-state index is -0.478. The van der Waals surface area contributed by atoms with Crippen LogP contribution in [0.25, 0.3) is 11.3 Å². The maximum Gasteiger partial charge on any atom is 0.271 e. The van der Waals surface area contributed by atoms with E-state index in [4.69, 9.17) is 0 Å². The van der Waals surface area contributed by atoms with Crippen molar-refractivity contribution in [1.82, 2.24) is 15.1 Å². The van der Waals surface area contributed by atoms with Crippen LogP contribution < -0.4 is 10.9 Å². The molecule has 1 aromatic heterocycles. The Bertz CT molecular complexity index is 691. The summed E-state index contributed by atoms with van der Waals surface area (Å²) in [5.41, 5.74) is 1.64. The minimum Gasteiger partial charge on any atom is -0.351 e. The van der Waals surface area contributed by atoms with Crippen LogP contribution in [0.2, 0.25) is 0 Å². The molecule has 0 unspecified atom stereocenters. The molecule has 0 aliphatic rings.